The summed E-state index contributed by atoms with van der Waals surface area (Å²) in [5.41, 5.74) is 1.98. The number of nitrogens with one attached hydrogen (secondary N) is 1. The van der Waals surface area contributed by atoms with Gasteiger partial charge in [-0.05, 0) is 53.6 Å². The van der Waals surface area contributed by atoms with Crippen LogP contribution in [-0.4, -0.2) is 50.5 Å². The Balaban J connectivity index is 2.45. The molecule has 7 nitrogen and oxygen atoms in total. The van der Waals surface area contributed by atoms with Gasteiger partial charge >= 0.3 is 0 Å². The van der Waals surface area contributed by atoms with E-state index in [1.807, 2.05) is 26.0 Å². The van der Waals surface area contributed by atoms with Gasteiger partial charge in [-0.1, -0.05) is 76.0 Å². The number of rotatable bonds is 11. The highest BCUT2D eigenvalue weighted by Gasteiger charge is 2.31. The van der Waals surface area contributed by atoms with Gasteiger partial charge in [-0.15, -0.1) is 0 Å². The van der Waals surface area contributed by atoms with E-state index in [1.54, 1.807) is 30.3 Å². The van der Waals surface area contributed by atoms with E-state index in [1.165, 1.54) is 4.90 Å². The van der Waals surface area contributed by atoms with Crippen LogP contribution in [0.5, 0.6) is 0 Å². The summed E-state index contributed by atoms with van der Waals surface area (Å²) in [7, 11) is -3.80. The summed E-state index contributed by atoms with van der Waals surface area (Å²) in [5.74, 6) is -0.798. The summed E-state index contributed by atoms with van der Waals surface area (Å²) in [6, 6.07) is 11.3. The first-order chi connectivity index (χ1) is 17.2. The summed E-state index contributed by atoms with van der Waals surface area (Å²) in [6.45, 7) is 10.0. The van der Waals surface area contributed by atoms with E-state index >= 15 is 0 Å². The molecule has 37 heavy (non-hydrogen) atoms. The quantitative estimate of drug-likeness (QED) is 0.393. The lowest BCUT2D eigenvalue weighted by molar-refractivity contribution is -0.140. The topological polar surface area (TPSA) is 86.8 Å². The minimum absolute atomic E-state index is 0.0638. The van der Waals surface area contributed by atoms with Crippen molar-refractivity contribution >= 4 is 50.7 Å². The highest BCUT2D eigenvalue weighted by Crippen LogP contribution is 2.27. The van der Waals surface area contributed by atoms with Gasteiger partial charge in [-0.25, -0.2) is 8.42 Å². The standard InChI is InChI=1S/C27H37Cl2N3O4S/c1-7-15-30-26(34)24(8-2)31(17-19-9-14-22(28)23(29)16-19)25(33)18-32(37(6,35)36)21-12-10-20(11-13-21)27(3,4)5/h9-14,16,24H,7-8,15,17-18H2,1-6H3,(H,30,34). The lowest BCUT2D eigenvalue weighted by atomic mass is 9.87. The zero-order valence-electron chi connectivity index (χ0n) is 22.3. The number of hydrogen-bond donors (Lipinski definition) is 1. The maximum Gasteiger partial charge on any atom is 0.244 e. The Labute approximate surface area is 231 Å². The van der Waals surface area contributed by atoms with Crippen LogP contribution in [0.1, 0.15) is 58.6 Å². The molecule has 0 saturated carbocycles. The predicted octanol–water partition coefficient (Wildman–Crippen LogP) is 5.39. The van der Waals surface area contributed by atoms with E-state index in [0.717, 1.165) is 22.5 Å². The van der Waals surface area contributed by atoms with Crippen LogP contribution in [0.25, 0.3) is 0 Å². The van der Waals surface area contributed by atoms with Crippen LogP contribution in [0.15, 0.2) is 42.5 Å². The number of sulfonamides is 1. The Morgan fingerprint density at radius 1 is 1.00 bits per heavy atom. The van der Waals surface area contributed by atoms with Gasteiger partial charge in [0.1, 0.15) is 12.6 Å². The van der Waals surface area contributed by atoms with E-state index in [-0.39, 0.29) is 17.9 Å². The molecule has 10 heteroatoms. The molecule has 0 saturated heterocycles. The first-order valence-electron chi connectivity index (χ1n) is 12.3. The second-order valence-corrected chi connectivity index (χ2v) is 12.8. The van der Waals surface area contributed by atoms with Crippen molar-refractivity contribution in [3.05, 3.63) is 63.6 Å². The molecule has 0 radical (unpaired) electrons. The number of anilines is 1. The molecule has 0 aliphatic rings. The zero-order chi connectivity index (χ0) is 28.0. The molecule has 0 aliphatic heterocycles. The third-order valence-corrected chi connectivity index (χ3v) is 7.85. The smallest absolute Gasteiger partial charge is 0.244 e. The second-order valence-electron chi connectivity index (χ2n) is 10.1. The molecule has 1 atom stereocenters. The van der Waals surface area contributed by atoms with Crippen molar-refractivity contribution in [3.63, 3.8) is 0 Å². The molecule has 2 rings (SSSR count). The molecule has 2 aromatic carbocycles. The summed E-state index contributed by atoms with van der Waals surface area (Å²) < 4.78 is 26.6. The number of carbonyl (C=O) groups is 2. The number of benzene rings is 2. The third kappa shape index (κ3) is 8.62. The molecule has 0 spiro atoms. The summed E-state index contributed by atoms with van der Waals surface area (Å²) in [5, 5.41) is 3.55. The molecule has 2 amide bonds. The average molecular weight is 571 g/mol. The maximum absolute atomic E-state index is 13.7. The number of nitrogens with zero attached hydrogens (tertiary/aromatic N) is 2. The van der Waals surface area contributed by atoms with Crippen LogP contribution >= 0.6 is 23.2 Å². The van der Waals surface area contributed by atoms with Crippen LogP contribution in [-0.2, 0) is 31.6 Å². The molecule has 1 N–H and O–H groups in total. The lowest BCUT2D eigenvalue weighted by Crippen LogP contribution is -2.52. The number of hydrogen-bond acceptors (Lipinski definition) is 4. The van der Waals surface area contributed by atoms with E-state index in [9.17, 15) is 18.0 Å². The van der Waals surface area contributed by atoms with Crippen molar-refractivity contribution < 1.29 is 18.0 Å². The van der Waals surface area contributed by atoms with Crippen molar-refractivity contribution in [2.75, 3.05) is 23.7 Å². The molecule has 0 heterocycles. The van der Waals surface area contributed by atoms with Crippen molar-refractivity contribution in [3.8, 4) is 0 Å². The largest absolute Gasteiger partial charge is 0.354 e. The molecular formula is C27H37Cl2N3O4S. The highest BCUT2D eigenvalue weighted by molar-refractivity contribution is 7.92. The SMILES string of the molecule is CCCNC(=O)C(CC)N(Cc1ccc(Cl)c(Cl)c1)C(=O)CN(c1ccc(C(C)(C)C)cc1)S(C)(=O)=O. The van der Waals surface area contributed by atoms with Gasteiger partial charge < -0.3 is 10.2 Å². The monoisotopic (exact) mass is 569 g/mol. The Kier molecular flexibility index (Phi) is 10.9. The lowest BCUT2D eigenvalue weighted by Gasteiger charge is -2.33. The molecule has 204 valence electrons. The zero-order valence-corrected chi connectivity index (χ0v) is 24.7. The number of carbonyl (C=O) groups excluding carboxylic acids is 2. The fraction of sp³-hybridized carbons (Fsp3) is 0.481. The van der Waals surface area contributed by atoms with Gasteiger partial charge in [0.2, 0.25) is 21.8 Å². The Hall–Kier alpha value is -2.29. The Morgan fingerprint density at radius 3 is 2.11 bits per heavy atom. The van der Waals surface area contributed by atoms with E-state index in [0.29, 0.717) is 34.3 Å². The van der Waals surface area contributed by atoms with Crippen LogP contribution in [0.4, 0.5) is 5.69 Å². The van der Waals surface area contributed by atoms with Crippen molar-refractivity contribution in [1.29, 1.82) is 0 Å². The Morgan fingerprint density at radius 2 is 1.62 bits per heavy atom. The van der Waals surface area contributed by atoms with E-state index in [4.69, 9.17) is 23.2 Å². The fourth-order valence-corrected chi connectivity index (χ4v) is 5.03. The van der Waals surface area contributed by atoms with Gasteiger partial charge in [-0.3, -0.25) is 13.9 Å². The Bertz CT molecular complexity index is 1200. The molecular weight excluding hydrogens is 533 g/mol. The molecule has 0 aliphatic carbocycles. The van der Waals surface area contributed by atoms with E-state index < -0.39 is 28.5 Å². The first kappa shape index (κ1) is 30.9. The van der Waals surface area contributed by atoms with Gasteiger partial charge in [0.05, 0.1) is 22.0 Å². The molecule has 2 aromatic rings. The fourth-order valence-electron chi connectivity index (χ4n) is 3.86. The van der Waals surface area contributed by atoms with Gasteiger partial charge in [0.15, 0.2) is 0 Å². The first-order valence-corrected chi connectivity index (χ1v) is 14.9. The van der Waals surface area contributed by atoms with Crippen molar-refractivity contribution in [1.82, 2.24) is 10.2 Å². The van der Waals surface area contributed by atoms with Crippen molar-refractivity contribution in [2.45, 2.75) is 65.5 Å². The van der Waals surface area contributed by atoms with Crippen LogP contribution < -0.4 is 9.62 Å². The highest BCUT2D eigenvalue weighted by atomic mass is 35.5. The van der Waals surface area contributed by atoms with Gasteiger partial charge in [0, 0.05) is 13.1 Å². The molecule has 0 aromatic heterocycles. The minimum atomic E-state index is -3.80. The van der Waals surface area contributed by atoms with Crippen LogP contribution in [0.3, 0.4) is 0 Å². The van der Waals surface area contributed by atoms with Crippen molar-refractivity contribution in [2.24, 2.45) is 0 Å². The summed E-state index contributed by atoms with van der Waals surface area (Å²) in [4.78, 5) is 28.1. The van der Waals surface area contributed by atoms with Gasteiger partial charge in [0.25, 0.3) is 0 Å². The maximum atomic E-state index is 13.7. The third-order valence-electron chi connectivity index (χ3n) is 5.97. The summed E-state index contributed by atoms with van der Waals surface area (Å²) in [6.07, 6.45) is 2.16. The minimum Gasteiger partial charge on any atom is -0.354 e. The number of halogens is 2. The normalized spacial score (nSPS) is 12.6. The molecule has 0 fully saturated rings. The van der Waals surface area contributed by atoms with Crippen LogP contribution in [0.2, 0.25) is 10.0 Å². The van der Waals surface area contributed by atoms with Gasteiger partial charge in [-0.2, -0.15) is 0 Å². The van der Waals surface area contributed by atoms with Crippen LogP contribution in [0, 0.1) is 0 Å². The second kappa shape index (κ2) is 13.0. The number of amides is 2. The average Bonchev–Trinajstić information content (AvgIpc) is 2.81. The summed E-state index contributed by atoms with van der Waals surface area (Å²) >= 11 is 12.2. The molecule has 0 bridgehead atoms. The predicted molar refractivity (Wildman–Crippen MR) is 152 cm³/mol. The molecule has 1 unspecified atom stereocenters. The van der Waals surface area contributed by atoms with E-state index in [2.05, 4.69) is 26.1 Å².